The number of carbonyl (C=O) groups is 1. The molecule has 1 amide bonds. The molecule has 0 saturated carbocycles. The minimum Gasteiger partial charge on any atom is -0.373 e. The van der Waals surface area contributed by atoms with Crippen LogP contribution in [0.1, 0.15) is 13.8 Å². The first kappa shape index (κ1) is 14.1. The van der Waals surface area contributed by atoms with Crippen molar-refractivity contribution in [3.05, 3.63) is 29.3 Å². The van der Waals surface area contributed by atoms with Gasteiger partial charge in [-0.25, -0.2) is 0 Å². The number of amides is 1. The van der Waals surface area contributed by atoms with E-state index >= 15 is 0 Å². The molecule has 1 saturated heterocycles. The number of primary amides is 1. The Hall–Kier alpha value is -1.30. The van der Waals surface area contributed by atoms with Gasteiger partial charge in [0.05, 0.1) is 0 Å². The molecule has 19 heavy (non-hydrogen) atoms. The predicted octanol–water partition coefficient (Wildman–Crippen LogP) is 1.11. The molecule has 3 atom stereocenters. The molecule has 5 nitrogen and oxygen atoms in total. The Morgan fingerprint density at radius 1 is 1.37 bits per heavy atom. The Labute approximate surface area is 117 Å². The maximum absolute atomic E-state index is 11.7. The molecular formula is C13H19ClN4O. The third-order valence-electron chi connectivity index (χ3n) is 3.53. The molecule has 1 aromatic rings. The lowest BCUT2D eigenvalue weighted by Crippen LogP contribution is -2.48. The summed E-state index contributed by atoms with van der Waals surface area (Å²) in [5.74, 6) is -0.300. The Balaban J connectivity index is 2.19. The molecule has 2 rings (SSSR count). The first-order valence-corrected chi connectivity index (χ1v) is 6.69. The number of benzene rings is 1. The van der Waals surface area contributed by atoms with Crippen LogP contribution < -0.4 is 21.9 Å². The summed E-state index contributed by atoms with van der Waals surface area (Å²) in [4.78, 5) is 11.7. The van der Waals surface area contributed by atoms with E-state index in [1.54, 1.807) is 12.1 Å². The van der Waals surface area contributed by atoms with Crippen molar-refractivity contribution in [3.63, 3.8) is 0 Å². The topological polar surface area (TPSA) is 79.2 Å². The van der Waals surface area contributed by atoms with Crippen molar-refractivity contribution in [3.8, 4) is 0 Å². The van der Waals surface area contributed by atoms with Crippen molar-refractivity contribution in [2.75, 3.05) is 5.32 Å². The first-order valence-electron chi connectivity index (χ1n) is 6.31. The van der Waals surface area contributed by atoms with Gasteiger partial charge < -0.3 is 11.1 Å². The summed E-state index contributed by atoms with van der Waals surface area (Å²) in [6.07, 6.45) is 0. The Kier molecular flexibility index (Phi) is 4.29. The van der Waals surface area contributed by atoms with E-state index in [9.17, 15) is 4.79 Å². The quantitative estimate of drug-likeness (QED) is 0.667. The van der Waals surface area contributed by atoms with Crippen LogP contribution in [0.25, 0.3) is 0 Å². The number of hydrazine groups is 1. The van der Waals surface area contributed by atoms with Crippen LogP contribution >= 0.6 is 11.6 Å². The number of anilines is 1. The second-order valence-electron chi connectivity index (χ2n) is 4.98. The van der Waals surface area contributed by atoms with Crippen LogP contribution in [-0.4, -0.2) is 24.0 Å². The normalized spacial score (nSPS) is 28.1. The Bertz CT molecular complexity index is 458. The van der Waals surface area contributed by atoms with Crippen LogP contribution in [0.5, 0.6) is 0 Å². The highest BCUT2D eigenvalue weighted by Crippen LogP contribution is 2.23. The lowest BCUT2D eigenvalue weighted by Gasteiger charge is -2.27. The average Bonchev–Trinajstić information content (AvgIpc) is 2.66. The average molecular weight is 283 g/mol. The molecule has 1 aliphatic rings. The maximum Gasteiger partial charge on any atom is 0.240 e. The smallest absolute Gasteiger partial charge is 0.240 e. The van der Waals surface area contributed by atoms with Gasteiger partial charge in [0.15, 0.2) is 0 Å². The fourth-order valence-corrected chi connectivity index (χ4v) is 2.77. The van der Waals surface area contributed by atoms with Gasteiger partial charge in [-0.3, -0.25) is 15.6 Å². The number of rotatable bonds is 4. The van der Waals surface area contributed by atoms with E-state index in [1.165, 1.54) is 0 Å². The van der Waals surface area contributed by atoms with Gasteiger partial charge in [0.2, 0.25) is 5.91 Å². The van der Waals surface area contributed by atoms with Gasteiger partial charge in [-0.15, -0.1) is 0 Å². The molecule has 104 valence electrons. The fraction of sp³-hybridized carbons (Fsp3) is 0.462. The summed E-state index contributed by atoms with van der Waals surface area (Å²) in [6.45, 7) is 4.05. The van der Waals surface area contributed by atoms with E-state index in [1.807, 2.05) is 26.0 Å². The predicted molar refractivity (Wildman–Crippen MR) is 76.7 cm³/mol. The van der Waals surface area contributed by atoms with E-state index < -0.39 is 6.04 Å². The van der Waals surface area contributed by atoms with Crippen LogP contribution in [0.15, 0.2) is 24.3 Å². The molecule has 5 N–H and O–H groups in total. The molecular weight excluding hydrogens is 264 g/mol. The summed E-state index contributed by atoms with van der Waals surface area (Å²) < 4.78 is 0. The van der Waals surface area contributed by atoms with Gasteiger partial charge in [-0.2, -0.15) is 0 Å². The maximum atomic E-state index is 11.7. The van der Waals surface area contributed by atoms with Crippen molar-refractivity contribution in [1.29, 1.82) is 0 Å². The zero-order valence-electron chi connectivity index (χ0n) is 11.0. The lowest BCUT2D eigenvalue weighted by atomic mass is 9.88. The first-order chi connectivity index (χ1) is 8.99. The monoisotopic (exact) mass is 282 g/mol. The van der Waals surface area contributed by atoms with Crippen LogP contribution in [0.2, 0.25) is 5.02 Å². The highest BCUT2D eigenvalue weighted by molar-refractivity contribution is 6.30. The Morgan fingerprint density at radius 3 is 2.53 bits per heavy atom. The number of carbonyl (C=O) groups excluding carboxylic acids is 1. The molecule has 6 heteroatoms. The van der Waals surface area contributed by atoms with Crippen LogP contribution in [0, 0.1) is 5.92 Å². The third-order valence-corrected chi connectivity index (χ3v) is 3.77. The van der Waals surface area contributed by atoms with E-state index in [2.05, 4.69) is 16.2 Å². The number of nitrogens with two attached hydrogens (primary N) is 1. The van der Waals surface area contributed by atoms with Crippen molar-refractivity contribution < 1.29 is 4.79 Å². The van der Waals surface area contributed by atoms with E-state index in [0.717, 1.165) is 5.69 Å². The third kappa shape index (κ3) is 3.18. The number of halogens is 1. The van der Waals surface area contributed by atoms with Gasteiger partial charge in [-0.05, 0) is 32.0 Å². The van der Waals surface area contributed by atoms with Gasteiger partial charge >= 0.3 is 0 Å². The van der Waals surface area contributed by atoms with Crippen molar-refractivity contribution in [1.82, 2.24) is 10.9 Å². The number of hydrogen-bond donors (Lipinski definition) is 4. The summed E-state index contributed by atoms with van der Waals surface area (Å²) >= 11 is 5.94. The van der Waals surface area contributed by atoms with Crippen LogP contribution in [-0.2, 0) is 4.79 Å². The highest BCUT2D eigenvalue weighted by atomic mass is 35.5. The zero-order valence-corrected chi connectivity index (χ0v) is 11.7. The molecule has 0 spiro atoms. The van der Waals surface area contributed by atoms with Gasteiger partial charge in [-0.1, -0.05) is 17.7 Å². The second-order valence-corrected chi connectivity index (χ2v) is 5.41. The minimum absolute atomic E-state index is 0.0662. The second kappa shape index (κ2) is 5.77. The number of hydrogen-bond acceptors (Lipinski definition) is 4. The molecule has 3 unspecified atom stereocenters. The van der Waals surface area contributed by atoms with Crippen molar-refractivity contribution in [2.45, 2.75) is 32.0 Å². The van der Waals surface area contributed by atoms with Gasteiger partial charge in [0.1, 0.15) is 6.04 Å². The van der Waals surface area contributed by atoms with Gasteiger partial charge in [0.25, 0.3) is 0 Å². The minimum atomic E-state index is -0.453. The summed E-state index contributed by atoms with van der Waals surface area (Å²) in [6, 6.07) is 7.12. The summed E-state index contributed by atoms with van der Waals surface area (Å²) in [5, 5.41) is 3.81. The van der Waals surface area contributed by atoms with E-state index in [0.29, 0.717) is 5.02 Å². The lowest BCUT2D eigenvalue weighted by molar-refractivity contribution is -0.119. The largest absolute Gasteiger partial charge is 0.373 e. The fourth-order valence-electron chi connectivity index (χ4n) is 2.58. The molecule has 1 fully saturated rings. The van der Waals surface area contributed by atoms with E-state index in [-0.39, 0.29) is 23.9 Å². The molecule has 0 bridgehead atoms. The van der Waals surface area contributed by atoms with Crippen LogP contribution in [0.3, 0.4) is 0 Å². The standard InChI is InChI=1S/C13H19ClN4O/c1-7-11(8(2)18-17-7)12(13(15)19)16-10-5-3-4-9(14)6-10/h3-8,11-12,16-18H,1-2H3,(H2,15,19). The summed E-state index contributed by atoms with van der Waals surface area (Å²) in [5.41, 5.74) is 12.6. The molecule has 1 heterocycles. The molecule has 0 aromatic heterocycles. The molecule has 1 aromatic carbocycles. The summed E-state index contributed by atoms with van der Waals surface area (Å²) in [7, 11) is 0. The molecule has 1 aliphatic heterocycles. The SMILES string of the molecule is CC1NNC(C)C1C(Nc1cccc(Cl)c1)C(N)=O. The zero-order chi connectivity index (χ0) is 14.0. The van der Waals surface area contributed by atoms with Crippen molar-refractivity contribution in [2.24, 2.45) is 11.7 Å². The van der Waals surface area contributed by atoms with Crippen LogP contribution in [0.4, 0.5) is 5.69 Å². The highest BCUT2D eigenvalue weighted by Gasteiger charge is 2.39. The molecule has 0 radical (unpaired) electrons. The number of nitrogens with one attached hydrogen (secondary N) is 3. The molecule has 0 aliphatic carbocycles. The van der Waals surface area contributed by atoms with E-state index in [4.69, 9.17) is 17.3 Å². The van der Waals surface area contributed by atoms with Gasteiger partial charge in [0, 0.05) is 28.7 Å². The van der Waals surface area contributed by atoms with Crippen molar-refractivity contribution >= 4 is 23.2 Å². The Morgan fingerprint density at radius 2 is 2.00 bits per heavy atom.